The van der Waals surface area contributed by atoms with Gasteiger partial charge in [-0.25, -0.2) is 0 Å². The van der Waals surface area contributed by atoms with Gasteiger partial charge in [-0.3, -0.25) is 4.79 Å². The summed E-state index contributed by atoms with van der Waals surface area (Å²) in [7, 11) is 0. The summed E-state index contributed by atoms with van der Waals surface area (Å²) in [6.45, 7) is 4.17. The first-order valence-corrected chi connectivity index (χ1v) is 6.10. The van der Waals surface area contributed by atoms with Gasteiger partial charge in [-0.05, 0) is 30.7 Å². The molecule has 0 saturated carbocycles. The van der Waals surface area contributed by atoms with E-state index in [-0.39, 0.29) is 5.91 Å². The maximum Gasteiger partial charge on any atom is 0.251 e. The molecule has 0 saturated heterocycles. The maximum absolute atomic E-state index is 11.7. The van der Waals surface area contributed by atoms with Gasteiger partial charge in [-0.1, -0.05) is 13.3 Å². The number of amides is 1. The standard InChI is InChI=1S/C13H21N3O/c1-2-3-9-16-13(17)11-4-6-12(7-5-11)15-10-8-14/h4-7,15H,2-3,8-10,14H2,1H3,(H,16,17). The van der Waals surface area contributed by atoms with Gasteiger partial charge in [0.25, 0.3) is 5.91 Å². The molecule has 0 aliphatic rings. The molecule has 1 aromatic rings. The lowest BCUT2D eigenvalue weighted by Crippen LogP contribution is -2.24. The second-order valence-corrected chi connectivity index (χ2v) is 3.90. The van der Waals surface area contributed by atoms with Crippen molar-refractivity contribution in [2.45, 2.75) is 19.8 Å². The van der Waals surface area contributed by atoms with Crippen molar-refractivity contribution in [3.8, 4) is 0 Å². The molecule has 94 valence electrons. The molecule has 4 N–H and O–H groups in total. The van der Waals surface area contributed by atoms with Crippen molar-refractivity contribution in [3.05, 3.63) is 29.8 Å². The number of carbonyl (C=O) groups is 1. The predicted molar refractivity (Wildman–Crippen MR) is 71.2 cm³/mol. The number of benzene rings is 1. The predicted octanol–water partition coefficient (Wildman–Crippen LogP) is 1.59. The van der Waals surface area contributed by atoms with Crippen molar-refractivity contribution in [1.29, 1.82) is 0 Å². The van der Waals surface area contributed by atoms with E-state index in [0.29, 0.717) is 12.1 Å². The van der Waals surface area contributed by atoms with Crippen molar-refractivity contribution in [3.63, 3.8) is 0 Å². The number of unbranched alkanes of at least 4 members (excludes halogenated alkanes) is 1. The second-order valence-electron chi connectivity index (χ2n) is 3.90. The molecule has 0 aliphatic heterocycles. The quantitative estimate of drug-likeness (QED) is 0.629. The number of anilines is 1. The highest BCUT2D eigenvalue weighted by atomic mass is 16.1. The average molecular weight is 235 g/mol. The fraction of sp³-hybridized carbons (Fsp3) is 0.462. The van der Waals surface area contributed by atoms with Crippen molar-refractivity contribution in [2.24, 2.45) is 5.73 Å². The average Bonchev–Trinajstić information content (AvgIpc) is 2.37. The summed E-state index contributed by atoms with van der Waals surface area (Å²) in [5, 5.41) is 6.04. The summed E-state index contributed by atoms with van der Waals surface area (Å²) in [6, 6.07) is 7.43. The van der Waals surface area contributed by atoms with Crippen LogP contribution in [0.5, 0.6) is 0 Å². The summed E-state index contributed by atoms with van der Waals surface area (Å²) in [6.07, 6.45) is 2.10. The Morgan fingerprint density at radius 3 is 2.53 bits per heavy atom. The van der Waals surface area contributed by atoms with E-state index in [0.717, 1.165) is 31.6 Å². The zero-order chi connectivity index (χ0) is 12.5. The lowest BCUT2D eigenvalue weighted by molar-refractivity contribution is 0.0953. The monoisotopic (exact) mass is 235 g/mol. The highest BCUT2D eigenvalue weighted by Crippen LogP contribution is 2.08. The molecular formula is C13H21N3O. The van der Waals surface area contributed by atoms with Crippen LogP contribution in [0.25, 0.3) is 0 Å². The Bertz CT molecular complexity index is 335. The Balaban J connectivity index is 2.46. The van der Waals surface area contributed by atoms with Gasteiger partial charge in [-0.15, -0.1) is 0 Å². The third-order valence-electron chi connectivity index (χ3n) is 2.44. The van der Waals surface area contributed by atoms with Crippen molar-refractivity contribution in [1.82, 2.24) is 5.32 Å². The van der Waals surface area contributed by atoms with Crippen LogP contribution in [0.1, 0.15) is 30.1 Å². The lowest BCUT2D eigenvalue weighted by atomic mass is 10.2. The Morgan fingerprint density at radius 2 is 1.94 bits per heavy atom. The van der Waals surface area contributed by atoms with E-state index in [4.69, 9.17) is 5.73 Å². The number of nitrogens with two attached hydrogens (primary N) is 1. The first-order chi connectivity index (χ1) is 8.27. The third-order valence-corrected chi connectivity index (χ3v) is 2.44. The van der Waals surface area contributed by atoms with Gasteiger partial charge in [-0.2, -0.15) is 0 Å². The molecule has 0 fully saturated rings. The first-order valence-electron chi connectivity index (χ1n) is 6.10. The largest absolute Gasteiger partial charge is 0.384 e. The van der Waals surface area contributed by atoms with E-state index in [1.54, 1.807) is 0 Å². The zero-order valence-electron chi connectivity index (χ0n) is 10.3. The molecule has 0 unspecified atom stereocenters. The van der Waals surface area contributed by atoms with Gasteiger partial charge in [0.1, 0.15) is 0 Å². The van der Waals surface area contributed by atoms with Gasteiger partial charge in [0.2, 0.25) is 0 Å². The van der Waals surface area contributed by atoms with Crippen LogP contribution in [-0.2, 0) is 0 Å². The summed E-state index contributed by atoms with van der Waals surface area (Å²) >= 11 is 0. The van der Waals surface area contributed by atoms with Crippen LogP contribution >= 0.6 is 0 Å². The van der Waals surface area contributed by atoms with Gasteiger partial charge in [0.05, 0.1) is 0 Å². The summed E-state index contributed by atoms with van der Waals surface area (Å²) in [5.74, 6) is -0.0103. The van der Waals surface area contributed by atoms with Gasteiger partial charge >= 0.3 is 0 Å². The van der Waals surface area contributed by atoms with E-state index >= 15 is 0 Å². The van der Waals surface area contributed by atoms with Crippen LogP contribution in [0.2, 0.25) is 0 Å². The Kier molecular flexibility index (Phi) is 6.10. The topological polar surface area (TPSA) is 67.2 Å². The zero-order valence-corrected chi connectivity index (χ0v) is 10.3. The van der Waals surface area contributed by atoms with E-state index in [2.05, 4.69) is 17.6 Å². The minimum Gasteiger partial charge on any atom is -0.384 e. The fourth-order valence-electron chi connectivity index (χ4n) is 1.44. The van der Waals surface area contributed by atoms with Crippen LogP contribution in [0.3, 0.4) is 0 Å². The SMILES string of the molecule is CCCCNC(=O)c1ccc(NCCN)cc1. The van der Waals surface area contributed by atoms with Gasteiger partial charge < -0.3 is 16.4 Å². The van der Waals surface area contributed by atoms with Crippen molar-refractivity contribution < 1.29 is 4.79 Å². The molecule has 0 bridgehead atoms. The highest BCUT2D eigenvalue weighted by molar-refractivity contribution is 5.94. The molecular weight excluding hydrogens is 214 g/mol. The molecule has 0 radical (unpaired) electrons. The minimum atomic E-state index is -0.0103. The summed E-state index contributed by atoms with van der Waals surface area (Å²) in [5.41, 5.74) is 7.08. The molecule has 17 heavy (non-hydrogen) atoms. The molecule has 0 heterocycles. The van der Waals surface area contributed by atoms with Gasteiger partial charge in [0, 0.05) is 30.9 Å². The van der Waals surface area contributed by atoms with Crippen molar-refractivity contribution >= 4 is 11.6 Å². The molecule has 1 aromatic carbocycles. The molecule has 1 rings (SSSR count). The number of hydrogen-bond acceptors (Lipinski definition) is 3. The number of carbonyl (C=O) groups excluding carboxylic acids is 1. The number of rotatable bonds is 7. The van der Waals surface area contributed by atoms with Crippen LogP contribution in [-0.4, -0.2) is 25.5 Å². The Hall–Kier alpha value is -1.55. The lowest BCUT2D eigenvalue weighted by Gasteiger charge is -2.07. The molecule has 1 amide bonds. The third kappa shape index (κ3) is 4.87. The summed E-state index contributed by atoms with van der Waals surface area (Å²) < 4.78 is 0. The molecule has 4 nitrogen and oxygen atoms in total. The Labute approximate surface area is 103 Å². The first kappa shape index (κ1) is 13.5. The molecule has 0 aliphatic carbocycles. The number of hydrogen-bond donors (Lipinski definition) is 3. The van der Waals surface area contributed by atoms with E-state index in [1.165, 1.54) is 0 Å². The minimum absolute atomic E-state index is 0.0103. The molecule has 0 aromatic heterocycles. The van der Waals surface area contributed by atoms with E-state index in [9.17, 15) is 4.79 Å². The fourth-order valence-corrected chi connectivity index (χ4v) is 1.44. The second kappa shape index (κ2) is 7.68. The number of nitrogens with one attached hydrogen (secondary N) is 2. The van der Waals surface area contributed by atoms with Crippen LogP contribution < -0.4 is 16.4 Å². The Morgan fingerprint density at radius 1 is 1.24 bits per heavy atom. The summed E-state index contributed by atoms with van der Waals surface area (Å²) in [4.78, 5) is 11.7. The van der Waals surface area contributed by atoms with E-state index in [1.807, 2.05) is 24.3 Å². The van der Waals surface area contributed by atoms with Gasteiger partial charge in [0.15, 0.2) is 0 Å². The highest BCUT2D eigenvalue weighted by Gasteiger charge is 2.03. The smallest absolute Gasteiger partial charge is 0.251 e. The van der Waals surface area contributed by atoms with E-state index < -0.39 is 0 Å². The molecule has 4 heteroatoms. The van der Waals surface area contributed by atoms with Crippen LogP contribution in [0, 0.1) is 0 Å². The molecule has 0 atom stereocenters. The normalized spacial score (nSPS) is 10.0. The van der Waals surface area contributed by atoms with Crippen LogP contribution in [0.4, 0.5) is 5.69 Å². The maximum atomic E-state index is 11.7. The van der Waals surface area contributed by atoms with Crippen LogP contribution in [0.15, 0.2) is 24.3 Å². The molecule has 0 spiro atoms. The van der Waals surface area contributed by atoms with Crippen molar-refractivity contribution in [2.75, 3.05) is 25.0 Å².